The van der Waals surface area contributed by atoms with Crippen molar-refractivity contribution in [2.75, 3.05) is 23.7 Å². The van der Waals surface area contributed by atoms with Crippen LogP contribution in [0.15, 0.2) is 78.9 Å². The van der Waals surface area contributed by atoms with Crippen LogP contribution in [0.1, 0.15) is 36.5 Å². The van der Waals surface area contributed by atoms with Gasteiger partial charge in [-0.15, -0.1) is 0 Å². The van der Waals surface area contributed by atoms with Gasteiger partial charge in [-0.05, 0) is 41.8 Å². The number of unbranched alkanes of at least 4 members (excludes halogenated alkanes) is 1. The van der Waals surface area contributed by atoms with E-state index in [1.165, 1.54) is 11.0 Å². The van der Waals surface area contributed by atoms with Crippen LogP contribution in [0.4, 0.5) is 18.9 Å². The topological polar surface area (TPSA) is 86.8 Å². The molecule has 0 saturated heterocycles. The lowest BCUT2D eigenvalue weighted by atomic mass is 10.0. The second-order valence-electron chi connectivity index (χ2n) is 9.78. The Morgan fingerprint density at radius 3 is 2.26 bits per heavy atom. The van der Waals surface area contributed by atoms with Gasteiger partial charge in [0.1, 0.15) is 12.6 Å². The number of nitrogens with one attached hydrogen (secondary N) is 1. The van der Waals surface area contributed by atoms with E-state index in [0.29, 0.717) is 33.9 Å². The van der Waals surface area contributed by atoms with Crippen LogP contribution in [0, 0.1) is 0 Å². The second kappa shape index (κ2) is 14.6. The lowest BCUT2D eigenvalue weighted by Crippen LogP contribution is -2.53. The predicted molar refractivity (Wildman–Crippen MR) is 157 cm³/mol. The molecule has 1 atom stereocenters. The Bertz CT molecular complexity index is 1470. The van der Waals surface area contributed by atoms with Gasteiger partial charge in [-0.25, -0.2) is 8.42 Å². The van der Waals surface area contributed by atoms with Gasteiger partial charge in [-0.3, -0.25) is 13.9 Å². The van der Waals surface area contributed by atoms with E-state index in [0.717, 1.165) is 30.4 Å². The van der Waals surface area contributed by atoms with E-state index in [9.17, 15) is 31.2 Å². The van der Waals surface area contributed by atoms with Crippen LogP contribution < -0.4 is 9.62 Å². The Balaban J connectivity index is 2.07. The number of hydrogen-bond donors (Lipinski definition) is 1. The molecule has 0 aliphatic carbocycles. The molecule has 0 heterocycles. The maximum Gasteiger partial charge on any atom is 0.416 e. The summed E-state index contributed by atoms with van der Waals surface area (Å²) in [6.45, 7) is 1.36. The molecular formula is C30H33ClF3N3O4S. The van der Waals surface area contributed by atoms with E-state index in [1.807, 2.05) is 13.0 Å². The first-order valence-electron chi connectivity index (χ1n) is 13.3. The molecule has 3 aromatic carbocycles. The zero-order chi connectivity index (χ0) is 30.9. The number of hydrogen-bond acceptors (Lipinski definition) is 4. The minimum atomic E-state index is -4.73. The SMILES string of the molecule is CCCCNC(=O)[C@@H](Cc1ccccc1)N(Cc1ccccc1Cl)C(=O)CN(c1cccc(C(F)(F)F)c1)S(C)(=O)=O. The molecule has 0 spiro atoms. The number of anilines is 1. The van der Waals surface area contributed by atoms with Gasteiger partial charge in [0.15, 0.2) is 0 Å². The molecule has 0 aliphatic heterocycles. The van der Waals surface area contributed by atoms with Crippen LogP contribution in [0.3, 0.4) is 0 Å². The quantitative estimate of drug-likeness (QED) is 0.248. The van der Waals surface area contributed by atoms with E-state index in [-0.39, 0.29) is 18.7 Å². The third-order valence-electron chi connectivity index (χ3n) is 6.54. The summed E-state index contributed by atoms with van der Waals surface area (Å²) in [5.74, 6) is -1.23. The van der Waals surface area contributed by atoms with Crippen molar-refractivity contribution in [3.8, 4) is 0 Å². The Labute approximate surface area is 249 Å². The van der Waals surface area contributed by atoms with E-state index >= 15 is 0 Å². The normalized spacial score (nSPS) is 12.4. The molecule has 0 saturated carbocycles. The van der Waals surface area contributed by atoms with Gasteiger partial charge < -0.3 is 10.2 Å². The number of alkyl halides is 3. The van der Waals surface area contributed by atoms with Crippen molar-refractivity contribution in [2.24, 2.45) is 0 Å². The molecule has 226 valence electrons. The number of carbonyl (C=O) groups is 2. The first-order chi connectivity index (χ1) is 19.8. The smallest absolute Gasteiger partial charge is 0.354 e. The van der Waals surface area contributed by atoms with Gasteiger partial charge in [0.25, 0.3) is 0 Å². The largest absolute Gasteiger partial charge is 0.416 e. The molecule has 42 heavy (non-hydrogen) atoms. The van der Waals surface area contributed by atoms with Gasteiger partial charge in [0.2, 0.25) is 21.8 Å². The molecule has 0 unspecified atom stereocenters. The van der Waals surface area contributed by atoms with Gasteiger partial charge in [0.05, 0.1) is 17.5 Å². The van der Waals surface area contributed by atoms with Crippen molar-refractivity contribution >= 4 is 39.1 Å². The molecule has 2 amide bonds. The molecule has 0 fully saturated rings. The highest BCUT2D eigenvalue weighted by atomic mass is 35.5. The van der Waals surface area contributed by atoms with E-state index in [2.05, 4.69) is 5.32 Å². The van der Waals surface area contributed by atoms with Gasteiger partial charge in [-0.2, -0.15) is 13.2 Å². The average molecular weight is 624 g/mol. The molecule has 7 nitrogen and oxygen atoms in total. The maximum absolute atomic E-state index is 14.0. The number of amides is 2. The predicted octanol–water partition coefficient (Wildman–Crippen LogP) is 5.68. The summed E-state index contributed by atoms with van der Waals surface area (Å²) < 4.78 is 66.5. The summed E-state index contributed by atoms with van der Waals surface area (Å²) in [5.41, 5.74) is -0.128. The zero-order valence-electron chi connectivity index (χ0n) is 23.3. The van der Waals surface area contributed by atoms with Crippen LogP contribution in [-0.2, 0) is 38.8 Å². The Kier molecular flexibility index (Phi) is 11.4. The van der Waals surface area contributed by atoms with Crippen molar-refractivity contribution in [3.63, 3.8) is 0 Å². The Hall–Kier alpha value is -3.57. The van der Waals surface area contributed by atoms with Gasteiger partial charge in [-0.1, -0.05) is 79.5 Å². The Morgan fingerprint density at radius 2 is 1.64 bits per heavy atom. The van der Waals surface area contributed by atoms with Crippen LogP contribution in [-0.4, -0.2) is 50.5 Å². The summed E-state index contributed by atoms with van der Waals surface area (Å²) in [7, 11) is -4.22. The van der Waals surface area contributed by atoms with E-state index in [4.69, 9.17) is 11.6 Å². The van der Waals surface area contributed by atoms with Crippen molar-refractivity contribution in [3.05, 3.63) is 101 Å². The number of benzene rings is 3. The van der Waals surface area contributed by atoms with Gasteiger partial charge in [0, 0.05) is 24.5 Å². The van der Waals surface area contributed by atoms with Crippen molar-refractivity contribution in [1.29, 1.82) is 0 Å². The summed E-state index contributed by atoms with van der Waals surface area (Å²) in [6, 6.07) is 18.4. The third kappa shape index (κ3) is 9.22. The first kappa shape index (κ1) is 32.9. The van der Waals surface area contributed by atoms with Crippen LogP contribution in [0.25, 0.3) is 0 Å². The molecule has 3 rings (SSSR count). The minimum Gasteiger partial charge on any atom is -0.354 e. The second-order valence-corrected chi connectivity index (χ2v) is 12.1. The number of rotatable bonds is 13. The maximum atomic E-state index is 14.0. The number of sulfonamides is 1. The third-order valence-corrected chi connectivity index (χ3v) is 8.05. The number of halogens is 4. The summed E-state index contributed by atoms with van der Waals surface area (Å²) in [5, 5.41) is 3.19. The standard InChI is InChI=1S/C30H33ClF3N3O4S/c1-3-4-17-35-29(39)27(18-22-11-6-5-7-12-22)36(20-23-13-8-9-16-26(23)31)28(38)21-37(42(2,40)41)25-15-10-14-24(19-25)30(32,33)34/h5-16,19,27H,3-4,17-18,20-21H2,1-2H3,(H,35,39)/t27-/m1/s1. The van der Waals surface area contributed by atoms with Crippen LogP contribution in [0.2, 0.25) is 5.02 Å². The molecule has 0 aromatic heterocycles. The molecule has 0 bridgehead atoms. The molecular weight excluding hydrogens is 591 g/mol. The zero-order valence-corrected chi connectivity index (χ0v) is 24.8. The molecule has 12 heteroatoms. The van der Waals surface area contributed by atoms with Crippen molar-refractivity contribution in [2.45, 2.75) is 44.9 Å². The molecule has 0 aliphatic rings. The highest BCUT2D eigenvalue weighted by molar-refractivity contribution is 7.92. The van der Waals surface area contributed by atoms with Crippen LogP contribution >= 0.6 is 11.6 Å². The highest BCUT2D eigenvalue weighted by Gasteiger charge is 2.35. The first-order valence-corrected chi connectivity index (χ1v) is 15.5. The van der Waals surface area contributed by atoms with Crippen molar-refractivity contribution in [1.82, 2.24) is 10.2 Å². The van der Waals surface area contributed by atoms with E-state index < -0.39 is 46.2 Å². The molecule has 3 aromatic rings. The van der Waals surface area contributed by atoms with Gasteiger partial charge >= 0.3 is 6.18 Å². The highest BCUT2D eigenvalue weighted by Crippen LogP contribution is 2.32. The fourth-order valence-corrected chi connectivity index (χ4v) is 5.36. The average Bonchev–Trinajstić information content (AvgIpc) is 2.94. The monoisotopic (exact) mass is 623 g/mol. The molecule has 0 radical (unpaired) electrons. The van der Waals surface area contributed by atoms with E-state index in [1.54, 1.807) is 48.5 Å². The lowest BCUT2D eigenvalue weighted by molar-refractivity contribution is -0.140. The summed E-state index contributed by atoms with van der Waals surface area (Å²) in [4.78, 5) is 28.8. The number of nitrogens with zero attached hydrogens (tertiary/aromatic N) is 2. The van der Waals surface area contributed by atoms with Crippen LogP contribution in [0.5, 0.6) is 0 Å². The number of carbonyl (C=O) groups excluding carboxylic acids is 2. The Morgan fingerprint density at radius 1 is 0.976 bits per heavy atom. The molecule has 1 N–H and O–H groups in total. The fraction of sp³-hybridized carbons (Fsp3) is 0.333. The van der Waals surface area contributed by atoms with Crippen molar-refractivity contribution < 1.29 is 31.2 Å². The minimum absolute atomic E-state index is 0.109. The lowest BCUT2D eigenvalue weighted by Gasteiger charge is -2.33. The summed E-state index contributed by atoms with van der Waals surface area (Å²) in [6.07, 6.45) is -2.28. The fourth-order valence-electron chi connectivity index (χ4n) is 4.32. The summed E-state index contributed by atoms with van der Waals surface area (Å²) >= 11 is 6.40.